The molecule has 0 radical (unpaired) electrons. The van der Waals surface area contributed by atoms with Crippen molar-refractivity contribution in [3.05, 3.63) is 0 Å². The van der Waals surface area contributed by atoms with Gasteiger partial charge in [0.25, 0.3) is 6.47 Å². The van der Waals surface area contributed by atoms with Crippen LogP contribution in [0.3, 0.4) is 0 Å². The van der Waals surface area contributed by atoms with E-state index in [1.807, 2.05) is 13.8 Å². The molecule has 0 bridgehead atoms. The Labute approximate surface area is 207 Å². The van der Waals surface area contributed by atoms with Crippen molar-refractivity contribution in [3.8, 4) is 0 Å². The molecule has 202 valence electrons. The highest BCUT2D eigenvalue weighted by Crippen LogP contribution is 1.98. The molecule has 33 heavy (non-hydrogen) atoms. The Balaban J connectivity index is -0.000000218. The molecule has 6 heteroatoms. The molecule has 0 spiro atoms. The van der Waals surface area contributed by atoms with Crippen molar-refractivity contribution in [2.24, 2.45) is 0 Å². The predicted molar refractivity (Wildman–Crippen MR) is 144 cm³/mol. The summed E-state index contributed by atoms with van der Waals surface area (Å²) in [4.78, 5) is 25.8. The zero-order valence-electron chi connectivity index (χ0n) is 23.9. The summed E-state index contributed by atoms with van der Waals surface area (Å²) in [5, 5.41) is 0. The van der Waals surface area contributed by atoms with E-state index in [0.717, 1.165) is 77.8 Å². The van der Waals surface area contributed by atoms with Crippen molar-refractivity contribution in [2.45, 2.75) is 114 Å². The summed E-state index contributed by atoms with van der Waals surface area (Å²) in [6.45, 7) is 26.7. The molecular formula is C27H60N2O4. The van der Waals surface area contributed by atoms with E-state index in [1.54, 1.807) is 0 Å². The summed E-state index contributed by atoms with van der Waals surface area (Å²) in [6.07, 6.45) is 8.42. The topological polar surface area (TPSA) is 59.1 Å². The minimum Gasteiger partial charge on any atom is -0.467 e. The molecule has 0 aliphatic heterocycles. The molecule has 0 heterocycles. The average Bonchev–Trinajstić information content (AvgIpc) is 2.81. The lowest BCUT2D eigenvalue weighted by molar-refractivity contribution is -0.144. The number of rotatable bonds is 18. The molecule has 6 nitrogen and oxygen atoms in total. The maximum absolute atomic E-state index is 11.3. The van der Waals surface area contributed by atoms with Gasteiger partial charge in [-0.05, 0) is 58.3 Å². The predicted octanol–water partition coefficient (Wildman–Crippen LogP) is 6.57. The SMILES string of the molecule is CC.CCC.CCCCC(=O)OCCN(CCC)CCC.CCCN(CCC)CCOC=O. The molecule has 0 rings (SSSR count). The second kappa shape index (κ2) is 38.1. The van der Waals surface area contributed by atoms with Crippen LogP contribution in [-0.4, -0.2) is 74.7 Å². The van der Waals surface area contributed by atoms with Crippen LogP contribution in [0.25, 0.3) is 0 Å². The lowest BCUT2D eigenvalue weighted by Crippen LogP contribution is -2.29. The molecule has 0 saturated carbocycles. The minimum atomic E-state index is -0.0465. The number of hydrogen-bond donors (Lipinski definition) is 0. The van der Waals surface area contributed by atoms with Crippen molar-refractivity contribution in [1.82, 2.24) is 9.80 Å². The van der Waals surface area contributed by atoms with Gasteiger partial charge >= 0.3 is 5.97 Å². The summed E-state index contributed by atoms with van der Waals surface area (Å²) in [5.41, 5.74) is 0. The Morgan fingerprint density at radius 2 is 1.06 bits per heavy atom. The van der Waals surface area contributed by atoms with Gasteiger partial charge in [-0.15, -0.1) is 0 Å². The summed E-state index contributed by atoms with van der Waals surface area (Å²) in [7, 11) is 0. The summed E-state index contributed by atoms with van der Waals surface area (Å²) >= 11 is 0. The van der Waals surface area contributed by atoms with E-state index in [1.165, 1.54) is 6.42 Å². The van der Waals surface area contributed by atoms with Gasteiger partial charge in [-0.2, -0.15) is 0 Å². The molecule has 0 unspecified atom stereocenters. The number of nitrogens with zero attached hydrogens (tertiary/aromatic N) is 2. The monoisotopic (exact) mass is 476 g/mol. The van der Waals surface area contributed by atoms with Gasteiger partial charge in [0.05, 0.1) is 0 Å². The highest BCUT2D eigenvalue weighted by Gasteiger charge is 2.05. The zero-order chi connectivity index (χ0) is 26.2. The van der Waals surface area contributed by atoms with Crippen molar-refractivity contribution in [2.75, 3.05) is 52.5 Å². The third-order valence-electron chi connectivity index (χ3n) is 4.16. The quantitative estimate of drug-likeness (QED) is 0.127. The summed E-state index contributed by atoms with van der Waals surface area (Å²) in [6, 6.07) is 0. The smallest absolute Gasteiger partial charge is 0.305 e. The molecule has 0 aromatic carbocycles. The molecule has 0 aromatic heterocycles. The van der Waals surface area contributed by atoms with Crippen molar-refractivity contribution in [1.29, 1.82) is 0 Å². The van der Waals surface area contributed by atoms with Crippen LogP contribution < -0.4 is 0 Å². The van der Waals surface area contributed by atoms with Crippen LogP contribution in [0.2, 0.25) is 0 Å². The van der Waals surface area contributed by atoms with Crippen LogP contribution in [0.4, 0.5) is 0 Å². The van der Waals surface area contributed by atoms with Crippen molar-refractivity contribution in [3.63, 3.8) is 0 Å². The first-order chi connectivity index (χ1) is 16.0. The first kappa shape index (κ1) is 39.1. The second-order valence-corrected chi connectivity index (χ2v) is 7.68. The Hall–Kier alpha value is -1.14. The lowest BCUT2D eigenvalue weighted by atomic mass is 10.2. The fourth-order valence-corrected chi connectivity index (χ4v) is 2.85. The largest absolute Gasteiger partial charge is 0.467 e. The van der Waals surface area contributed by atoms with Crippen LogP contribution in [0.5, 0.6) is 0 Å². The lowest BCUT2D eigenvalue weighted by Gasteiger charge is -2.20. The molecule has 0 saturated heterocycles. The third kappa shape index (κ3) is 38.4. The normalized spacial score (nSPS) is 9.67. The van der Waals surface area contributed by atoms with Crippen molar-refractivity contribution < 1.29 is 19.1 Å². The Bertz CT molecular complexity index is 343. The number of ether oxygens (including phenoxy) is 2. The standard InChI is InChI=1S/C13H27NO2.C9H19NO2.C3H8.C2H6/c1-4-7-8-13(15)16-12-11-14(9-5-2)10-6-3;1-3-5-10(6-4-2)7-8-12-9-11;1-3-2;1-2/h4-12H2,1-3H3;9H,3-8H2,1-2H3;3H2,1-2H3;1-2H3. The van der Waals surface area contributed by atoms with Crippen LogP contribution >= 0.6 is 0 Å². The maximum atomic E-state index is 11.3. The van der Waals surface area contributed by atoms with Crippen molar-refractivity contribution >= 4 is 12.4 Å². The zero-order valence-corrected chi connectivity index (χ0v) is 23.9. The van der Waals surface area contributed by atoms with E-state index in [-0.39, 0.29) is 5.97 Å². The summed E-state index contributed by atoms with van der Waals surface area (Å²) in [5.74, 6) is -0.0465. The van der Waals surface area contributed by atoms with E-state index in [9.17, 15) is 9.59 Å². The van der Waals surface area contributed by atoms with E-state index >= 15 is 0 Å². The molecule has 0 fully saturated rings. The second-order valence-electron chi connectivity index (χ2n) is 7.68. The Kier molecular flexibility index (Phi) is 45.2. The van der Waals surface area contributed by atoms with Gasteiger partial charge in [0, 0.05) is 19.5 Å². The summed E-state index contributed by atoms with van der Waals surface area (Å²) < 4.78 is 9.82. The molecule has 0 atom stereocenters. The first-order valence-electron chi connectivity index (χ1n) is 13.7. The number of unbranched alkanes of at least 4 members (excludes halogenated alkanes) is 1. The van der Waals surface area contributed by atoms with Crippen LogP contribution in [-0.2, 0) is 19.1 Å². The van der Waals surface area contributed by atoms with E-state index < -0.39 is 0 Å². The van der Waals surface area contributed by atoms with Gasteiger partial charge < -0.3 is 9.47 Å². The highest BCUT2D eigenvalue weighted by molar-refractivity contribution is 5.69. The number of carbonyl (C=O) groups is 2. The molecule has 0 amide bonds. The molecule has 0 N–H and O–H groups in total. The fourth-order valence-electron chi connectivity index (χ4n) is 2.85. The van der Waals surface area contributed by atoms with E-state index in [0.29, 0.717) is 26.1 Å². The number of esters is 1. The maximum Gasteiger partial charge on any atom is 0.305 e. The average molecular weight is 477 g/mol. The molecular weight excluding hydrogens is 416 g/mol. The van der Waals surface area contributed by atoms with Gasteiger partial charge in [0.2, 0.25) is 0 Å². The number of carbonyl (C=O) groups excluding carboxylic acids is 2. The van der Waals surface area contributed by atoms with Gasteiger partial charge in [0.15, 0.2) is 0 Å². The van der Waals surface area contributed by atoms with Crippen LogP contribution in [0.15, 0.2) is 0 Å². The van der Waals surface area contributed by atoms with Crippen LogP contribution in [0.1, 0.15) is 114 Å². The Morgan fingerprint density at radius 3 is 1.39 bits per heavy atom. The fraction of sp³-hybridized carbons (Fsp3) is 0.926. The van der Waals surface area contributed by atoms with Gasteiger partial charge in [-0.3, -0.25) is 19.4 Å². The third-order valence-corrected chi connectivity index (χ3v) is 4.16. The van der Waals surface area contributed by atoms with Gasteiger partial charge in [-0.25, -0.2) is 0 Å². The Morgan fingerprint density at radius 1 is 0.667 bits per heavy atom. The first-order valence-corrected chi connectivity index (χ1v) is 13.7. The highest BCUT2D eigenvalue weighted by atomic mass is 16.5. The van der Waals surface area contributed by atoms with Crippen LogP contribution in [0, 0.1) is 0 Å². The number of hydrogen-bond acceptors (Lipinski definition) is 6. The molecule has 0 aromatic rings. The van der Waals surface area contributed by atoms with Gasteiger partial charge in [-0.1, -0.05) is 75.2 Å². The molecule has 0 aliphatic rings. The molecule has 0 aliphatic carbocycles. The van der Waals surface area contributed by atoms with Gasteiger partial charge in [0.1, 0.15) is 13.2 Å². The van der Waals surface area contributed by atoms with E-state index in [4.69, 9.17) is 4.74 Å². The van der Waals surface area contributed by atoms with E-state index in [2.05, 4.69) is 63.0 Å². The minimum absolute atomic E-state index is 0.0465.